The van der Waals surface area contributed by atoms with Gasteiger partial charge in [-0.15, -0.1) is 11.6 Å². The third kappa shape index (κ3) is 12.0. The number of hydrogen-bond donors (Lipinski definition) is 0. The Kier molecular flexibility index (Phi) is 12.1. The summed E-state index contributed by atoms with van der Waals surface area (Å²) in [6.07, 6.45) is 15.0. The van der Waals surface area contributed by atoms with Crippen molar-refractivity contribution < 1.29 is 0 Å². The molecule has 0 heterocycles. The Balaban J connectivity index is 2.91. The third-order valence-electron chi connectivity index (χ3n) is 2.17. The van der Waals surface area contributed by atoms with E-state index in [4.69, 9.17) is 11.6 Å². The Labute approximate surface area is 88.4 Å². The number of unbranched alkanes of at least 4 members (excludes halogenated alkanes) is 6. The minimum atomic E-state index is 0.757. The van der Waals surface area contributed by atoms with Crippen molar-refractivity contribution in [1.29, 1.82) is 0 Å². The average Bonchev–Trinajstić information content (AvgIpc) is 2.16. The van der Waals surface area contributed by atoms with Crippen LogP contribution in [0.5, 0.6) is 0 Å². The van der Waals surface area contributed by atoms with Gasteiger partial charge in [-0.2, -0.15) is 0 Å². The molecular weight excluding hydrogens is 180 g/mol. The summed E-state index contributed by atoms with van der Waals surface area (Å²) in [5.74, 6) is 0.757. The molecule has 13 heavy (non-hydrogen) atoms. The highest BCUT2D eigenvalue weighted by Gasteiger charge is 1.87. The molecule has 0 fully saturated rings. The van der Waals surface area contributed by atoms with E-state index in [1.807, 2.05) is 0 Å². The van der Waals surface area contributed by atoms with Crippen LogP contribution < -0.4 is 0 Å². The summed E-state index contributed by atoms with van der Waals surface area (Å²) in [4.78, 5) is 0. The zero-order valence-electron chi connectivity index (χ0n) is 8.90. The van der Waals surface area contributed by atoms with Crippen LogP contribution in [-0.2, 0) is 0 Å². The normalized spacial score (nSPS) is 11.2. The molecule has 0 atom stereocenters. The molecule has 0 spiro atoms. The van der Waals surface area contributed by atoms with Crippen LogP contribution in [-0.4, -0.2) is 5.88 Å². The maximum Gasteiger partial charge on any atom is 0.0257 e. The average molecular weight is 203 g/mol. The molecule has 1 heteroatoms. The van der Waals surface area contributed by atoms with Crippen LogP contribution in [0.15, 0.2) is 12.2 Å². The SMILES string of the molecule is CCCCCCCC/C=C\CCCl. The molecule has 78 valence electrons. The van der Waals surface area contributed by atoms with Gasteiger partial charge in [0.2, 0.25) is 0 Å². The van der Waals surface area contributed by atoms with Crippen LogP contribution >= 0.6 is 11.6 Å². The molecule has 0 bridgehead atoms. The van der Waals surface area contributed by atoms with E-state index in [2.05, 4.69) is 19.1 Å². The molecule has 0 saturated heterocycles. The lowest BCUT2D eigenvalue weighted by Crippen LogP contribution is -1.77. The van der Waals surface area contributed by atoms with Gasteiger partial charge in [0.15, 0.2) is 0 Å². The van der Waals surface area contributed by atoms with Gasteiger partial charge in [0.25, 0.3) is 0 Å². The minimum Gasteiger partial charge on any atom is -0.126 e. The van der Waals surface area contributed by atoms with E-state index in [0.717, 1.165) is 12.3 Å². The molecule has 0 aliphatic heterocycles. The number of hydrogen-bond acceptors (Lipinski definition) is 0. The summed E-state index contributed by atoms with van der Waals surface area (Å²) >= 11 is 5.55. The van der Waals surface area contributed by atoms with Gasteiger partial charge in [-0.25, -0.2) is 0 Å². The van der Waals surface area contributed by atoms with Crippen molar-refractivity contribution in [3.8, 4) is 0 Å². The van der Waals surface area contributed by atoms with Crippen LogP contribution in [0.2, 0.25) is 0 Å². The van der Waals surface area contributed by atoms with Gasteiger partial charge in [0, 0.05) is 5.88 Å². The molecule has 0 aromatic heterocycles. The highest BCUT2D eigenvalue weighted by atomic mass is 35.5. The third-order valence-corrected chi connectivity index (χ3v) is 2.39. The highest BCUT2D eigenvalue weighted by Crippen LogP contribution is 2.07. The molecule has 0 unspecified atom stereocenters. The van der Waals surface area contributed by atoms with Crippen molar-refractivity contribution in [2.24, 2.45) is 0 Å². The molecule has 0 radical (unpaired) electrons. The predicted octanol–water partition coefficient (Wildman–Crippen LogP) is 4.92. The monoisotopic (exact) mass is 202 g/mol. The Morgan fingerprint density at radius 3 is 2.15 bits per heavy atom. The molecule has 0 rings (SSSR count). The topological polar surface area (TPSA) is 0 Å². The van der Waals surface area contributed by atoms with E-state index < -0.39 is 0 Å². The first-order valence-corrected chi connectivity index (χ1v) is 6.16. The summed E-state index contributed by atoms with van der Waals surface area (Å²) < 4.78 is 0. The van der Waals surface area contributed by atoms with E-state index in [1.165, 1.54) is 44.9 Å². The zero-order chi connectivity index (χ0) is 9.78. The lowest BCUT2D eigenvalue weighted by molar-refractivity contribution is 0.611. The van der Waals surface area contributed by atoms with Crippen molar-refractivity contribution in [2.75, 3.05) is 5.88 Å². The largest absolute Gasteiger partial charge is 0.126 e. The zero-order valence-corrected chi connectivity index (χ0v) is 9.65. The first kappa shape index (κ1) is 13.0. The highest BCUT2D eigenvalue weighted by molar-refractivity contribution is 6.17. The second-order valence-electron chi connectivity index (χ2n) is 3.51. The van der Waals surface area contributed by atoms with Crippen LogP contribution in [0, 0.1) is 0 Å². The van der Waals surface area contributed by atoms with Crippen LogP contribution in [0.3, 0.4) is 0 Å². The molecule has 0 nitrogen and oxygen atoms in total. The van der Waals surface area contributed by atoms with E-state index >= 15 is 0 Å². The minimum absolute atomic E-state index is 0.757. The number of alkyl halides is 1. The van der Waals surface area contributed by atoms with Crippen molar-refractivity contribution in [3.05, 3.63) is 12.2 Å². The van der Waals surface area contributed by atoms with E-state index in [0.29, 0.717) is 0 Å². The van der Waals surface area contributed by atoms with Gasteiger partial charge >= 0.3 is 0 Å². The molecule has 0 saturated carbocycles. The van der Waals surface area contributed by atoms with E-state index in [-0.39, 0.29) is 0 Å². The van der Waals surface area contributed by atoms with Crippen molar-refractivity contribution in [1.82, 2.24) is 0 Å². The van der Waals surface area contributed by atoms with Gasteiger partial charge in [0.05, 0.1) is 0 Å². The predicted molar refractivity (Wildman–Crippen MR) is 62.5 cm³/mol. The summed E-state index contributed by atoms with van der Waals surface area (Å²) in [5, 5.41) is 0. The van der Waals surface area contributed by atoms with Crippen LogP contribution in [0.1, 0.15) is 58.3 Å². The first-order valence-electron chi connectivity index (χ1n) is 5.62. The lowest BCUT2D eigenvalue weighted by Gasteiger charge is -1.97. The van der Waals surface area contributed by atoms with Crippen LogP contribution in [0.25, 0.3) is 0 Å². The Bertz CT molecular complexity index is 108. The van der Waals surface area contributed by atoms with Crippen molar-refractivity contribution >= 4 is 11.6 Å². The lowest BCUT2D eigenvalue weighted by atomic mass is 10.1. The second-order valence-corrected chi connectivity index (χ2v) is 3.88. The van der Waals surface area contributed by atoms with Gasteiger partial charge in [-0.1, -0.05) is 51.2 Å². The quantitative estimate of drug-likeness (QED) is 0.283. The maximum atomic E-state index is 5.55. The number of allylic oxidation sites excluding steroid dienone is 2. The van der Waals surface area contributed by atoms with Crippen molar-refractivity contribution in [3.63, 3.8) is 0 Å². The van der Waals surface area contributed by atoms with E-state index in [9.17, 15) is 0 Å². The molecule has 0 N–H and O–H groups in total. The molecule has 0 aliphatic rings. The summed E-state index contributed by atoms with van der Waals surface area (Å²) in [6, 6.07) is 0. The fourth-order valence-electron chi connectivity index (χ4n) is 1.34. The summed E-state index contributed by atoms with van der Waals surface area (Å²) in [7, 11) is 0. The summed E-state index contributed by atoms with van der Waals surface area (Å²) in [6.45, 7) is 2.26. The molecular formula is C12H23Cl. The Hall–Kier alpha value is 0.0300. The smallest absolute Gasteiger partial charge is 0.0257 e. The van der Waals surface area contributed by atoms with Crippen molar-refractivity contribution in [2.45, 2.75) is 58.3 Å². The van der Waals surface area contributed by atoms with Gasteiger partial charge in [-0.3, -0.25) is 0 Å². The Morgan fingerprint density at radius 2 is 1.46 bits per heavy atom. The van der Waals surface area contributed by atoms with Gasteiger partial charge < -0.3 is 0 Å². The van der Waals surface area contributed by atoms with Gasteiger partial charge in [0.1, 0.15) is 0 Å². The molecule has 0 aliphatic carbocycles. The first-order chi connectivity index (χ1) is 6.41. The van der Waals surface area contributed by atoms with Gasteiger partial charge in [-0.05, 0) is 19.3 Å². The maximum absolute atomic E-state index is 5.55. The van der Waals surface area contributed by atoms with E-state index in [1.54, 1.807) is 0 Å². The fraction of sp³-hybridized carbons (Fsp3) is 0.833. The fourth-order valence-corrected chi connectivity index (χ4v) is 1.47. The molecule has 0 amide bonds. The van der Waals surface area contributed by atoms with Crippen LogP contribution in [0.4, 0.5) is 0 Å². The Morgan fingerprint density at radius 1 is 0.846 bits per heavy atom. The molecule has 0 aromatic rings. The standard InChI is InChI=1S/C12H23Cl/c1-2-3-4-5-6-7-8-9-10-11-12-13/h9-10H,2-8,11-12H2,1H3/b10-9-. The number of rotatable bonds is 9. The summed E-state index contributed by atoms with van der Waals surface area (Å²) in [5.41, 5.74) is 0. The second kappa shape index (κ2) is 12.0. The molecule has 0 aromatic carbocycles. The number of halogens is 1.